The molecule has 5 nitrogen and oxygen atoms in total. The van der Waals surface area contributed by atoms with E-state index in [0.717, 1.165) is 38.5 Å². The van der Waals surface area contributed by atoms with Crippen molar-refractivity contribution in [2.75, 3.05) is 13.6 Å². The maximum Gasteiger partial charge on any atom is 0.267 e. The number of carbonyl (C=O) groups is 2. The maximum absolute atomic E-state index is 12.8. The van der Waals surface area contributed by atoms with Crippen LogP contribution in [0.4, 0.5) is 0 Å². The summed E-state index contributed by atoms with van der Waals surface area (Å²) in [5.74, 6) is 0.0788. The zero-order valence-electron chi connectivity index (χ0n) is 31.9. The molecule has 0 fully saturated rings. The van der Waals surface area contributed by atoms with Crippen molar-refractivity contribution >= 4 is 11.8 Å². The van der Waals surface area contributed by atoms with Crippen molar-refractivity contribution in [1.29, 1.82) is 0 Å². The average molecular weight is 683 g/mol. The van der Waals surface area contributed by atoms with E-state index in [9.17, 15) is 9.59 Å². The molecule has 0 aliphatic carbocycles. The predicted octanol–water partition coefficient (Wildman–Crippen LogP) is 9.37. The summed E-state index contributed by atoms with van der Waals surface area (Å²) in [5.41, 5.74) is 6.23. The molecule has 0 aromatic carbocycles. The highest BCUT2D eigenvalue weighted by molar-refractivity contribution is 5.76. The van der Waals surface area contributed by atoms with E-state index in [4.69, 9.17) is 0 Å². The lowest BCUT2D eigenvalue weighted by Crippen LogP contribution is -3.00. The summed E-state index contributed by atoms with van der Waals surface area (Å²) < 4.78 is 0.113. The highest BCUT2D eigenvalue weighted by Gasteiger charge is 2.26. The number of carbonyl (C=O) groups excluding carboxylic acids is 2. The Labute approximate surface area is 299 Å². The van der Waals surface area contributed by atoms with E-state index < -0.39 is 0 Å². The van der Waals surface area contributed by atoms with Crippen LogP contribution in [0.1, 0.15) is 213 Å². The third kappa shape index (κ3) is 35.8. The van der Waals surface area contributed by atoms with Crippen LogP contribution >= 0.6 is 0 Å². The van der Waals surface area contributed by atoms with Gasteiger partial charge in [-0.1, -0.05) is 154 Å². The summed E-state index contributed by atoms with van der Waals surface area (Å²) in [4.78, 5) is 25.5. The van der Waals surface area contributed by atoms with Crippen LogP contribution in [0.3, 0.4) is 0 Å². The number of nitrogens with one attached hydrogen (secondary N) is 2. The van der Waals surface area contributed by atoms with Crippen LogP contribution in [-0.2, 0) is 9.59 Å². The van der Waals surface area contributed by atoms with Gasteiger partial charge in [0.05, 0.1) is 0 Å². The number of halogens is 1. The molecule has 0 saturated carbocycles. The number of nitrogens with zero attached hydrogens (tertiary/aromatic N) is 1. The van der Waals surface area contributed by atoms with Crippen molar-refractivity contribution in [2.24, 2.45) is 0 Å². The summed E-state index contributed by atoms with van der Waals surface area (Å²) in [6, 6.07) is 0. The molecule has 0 spiro atoms. The van der Waals surface area contributed by atoms with E-state index in [1.807, 2.05) is 7.05 Å². The number of quaternary nitrogens is 1. The largest absolute Gasteiger partial charge is 1.00 e. The van der Waals surface area contributed by atoms with Crippen molar-refractivity contribution < 1.29 is 26.7 Å². The quantitative estimate of drug-likeness (QED) is 0.0303. The lowest BCUT2D eigenvalue weighted by Gasteiger charge is -2.32. The Morgan fingerprint density at radius 2 is 0.702 bits per heavy atom. The molecule has 6 heteroatoms. The van der Waals surface area contributed by atoms with Crippen molar-refractivity contribution in [3.05, 3.63) is 24.3 Å². The summed E-state index contributed by atoms with van der Waals surface area (Å²) in [7, 11) is 1.92. The Bertz CT molecular complexity index is 686. The minimum atomic E-state index is 0. The molecule has 0 bridgehead atoms. The first-order valence-electron chi connectivity index (χ1n) is 20.2. The van der Waals surface area contributed by atoms with Crippen molar-refractivity contribution in [2.45, 2.75) is 213 Å². The number of hydrogen-bond acceptors (Lipinski definition) is 2. The summed E-state index contributed by atoms with van der Waals surface area (Å²) >= 11 is 0. The second-order valence-corrected chi connectivity index (χ2v) is 14.0. The fourth-order valence-corrected chi connectivity index (χ4v) is 5.99. The van der Waals surface area contributed by atoms with Crippen molar-refractivity contribution in [3.8, 4) is 0 Å². The smallest absolute Gasteiger partial charge is 0.267 e. The van der Waals surface area contributed by atoms with Gasteiger partial charge in [0.1, 0.15) is 13.6 Å². The first-order chi connectivity index (χ1) is 22.5. The normalized spacial score (nSPS) is 12.8. The molecular weight excluding hydrogens is 602 g/mol. The molecule has 47 heavy (non-hydrogen) atoms. The summed E-state index contributed by atoms with van der Waals surface area (Å²) in [5, 5.41) is 0. The second kappa shape index (κ2) is 37.5. The van der Waals surface area contributed by atoms with Crippen LogP contribution in [-0.4, -0.2) is 30.1 Å². The lowest BCUT2D eigenvalue weighted by molar-refractivity contribution is -0.976. The Morgan fingerprint density at radius 1 is 0.426 bits per heavy atom. The number of unbranched alkanes of at least 4 members (excludes halogenated alkanes) is 23. The molecule has 0 saturated heterocycles. The first kappa shape index (κ1) is 47.8. The molecule has 0 radical (unpaired) electrons. The third-order valence-electron chi connectivity index (χ3n) is 9.03. The molecule has 0 aromatic heterocycles. The van der Waals surface area contributed by atoms with Gasteiger partial charge in [-0.25, -0.2) is 0 Å². The molecule has 0 atom stereocenters. The zero-order valence-corrected chi connectivity index (χ0v) is 32.6. The average Bonchev–Trinajstić information content (AvgIpc) is 3.03. The van der Waals surface area contributed by atoms with E-state index in [-0.39, 0.29) is 28.9 Å². The van der Waals surface area contributed by atoms with Gasteiger partial charge in [0.15, 0.2) is 0 Å². The minimum absolute atomic E-state index is 0. The van der Waals surface area contributed by atoms with Gasteiger partial charge in [0.25, 0.3) is 11.8 Å². The fourth-order valence-electron chi connectivity index (χ4n) is 5.99. The Hall–Kier alpha value is -1.33. The maximum atomic E-state index is 12.8. The van der Waals surface area contributed by atoms with Gasteiger partial charge >= 0.3 is 0 Å². The molecular formula is C41H80ClN3O2. The fraction of sp³-hybridized carbons (Fsp3) is 0.854. The van der Waals surface area contributed by atoms with E-state index in [1.165, 1.54) is 141 Å². The topological polar surface area (TPSA) is 58.2 Å². The van der Waals surface area contributed by atoms with Gasteiger partial charge < -0.3 is 12.4 Å². The van der Waals surface area contributed by atoms with Crippen LogP contribution in [0.25, 0.3) is 0 Å². The minimum Gasteiger partial charge on any atom is -1.00 e. The zero-order chi connectivity index (χ0) is 33.8. The van der Waals surface area contributed by atoms with Crippen LogP contribution in [0, 0.1) is 0 Å². The second-order valence-electron chi connectivity index (χ2n) is 14.0. The molecule has 2 N–H and O–H groups in total. The molecule has 0 rings (SSSR count). The molecule has 2 amide bonds. The lowest BCUT2D eigenvalue weighted by atomic mass is 10.1. The Kier molecular flexibility index (Phi) is 38.1. The number of allylic oxidation sites excluding steroid dienone is 4. The third-order valence-corrected chi connectivity index (χ3v) is 9.03. The molecule has 0 unspecified atom stereocenters. The molecule has 0 aromatic rings. The molecule has 278 valence electrons. The van der Waals surface area contributed by atoms with Gasteiger partial charge in [-0.15, -0.1) is 4.70 Å². The Balaban J connectivity index is 0. The standard InChI is InChI=1S/C41H79N3O2.ClH/c1-5-8-11-13-15-17-19-21-23-25-27-29-31-33-35-37-40(45)42-44(4,39-10-7-3)43-41(46)38-36-34-32-30-28-26-24-22-20-18-16-14-12-9-6-2;/h21-24H,5-20,25-39H2,1-4H3,(H-,42,43,45,46);1H. The van der Waals surface area contributed by atoms with Crippen LogP contribution < -0.4 is 23.3 Å². The van der Waals surface area contributed by atoms with Crippen LogP contribution in [0.2, 0.25) is 0 Å². The van der Waals surface area contributed by atoms with E-state index in [0.29, 0.717) is 19.4 Å². The Morgan fingerprint density at radius 3 is 1.02 bits per heavy atom. The highest BCUT2D eigenvalue weighted by atomic mass is 35.5. The van der Waals surface area contributed by atoms with Gasteiger partial charge in [-0.2, -0.15) is 10.9 Å². The predicted molar refractivity (Wildman–Crippen MR) is 201 cm³/mol. The summed E-state index contributed by atoms with van der Waals surface area (Å²) in [6.07, 6.45) is 45.1. The van der Waals surface area contributed by atoms with Gasteiger partial charge in [0.2, 0.25) is 0 Å². The molecule has 0 heterocycles. The van der Waals surface area contributed by atoms with Crippen LogP contribution in [0.15, 0.2) is 24.3 Å². The van der Waals surface area contributed by atoms with Gasteiger partial charge in [0, 0.05) is 19.3 Å². The number of rotatable bonds is 35. The van der Waals surface area contributed by atoms with Crippen molar-refractivity contribution in [1.82, 2.24) is 10.9 Å². The van der Waals surface area contributed by atoms with E-state index in [2.05, 4.69) is 55.9 Å². The number of amides is 2. The first-order valence-corrected chi connectivity index (χ1v) is 20.2. The monoisotopic (exact) mass is 682 g/mol. The summed E-state index contributed by atoms with van der Waals surface area (Å²) in [6.45, 7) is 7.40. The van der Waals surface area contributed by atoms with E-state index >= 15 is 0 Å². The number of hydrogen-bond donors (Lipinski definition) is 2. The molecule has 0 aliphatic heterocycles. The van der Waals surface area contributed by atoms with Gasteiger partial charge in [-0.05, 0) is 64.2 Å². The van der Waals surface area contributed by atoms with Crippen molar-refractivity contribution in [3.63, 3.8) is 0 Å². The van der Waals surface area contributed by atoms with Crippen LogP contribution in [0.5, 0.6) is 0 Å². The SMILES string of the molecule is CCCCCCCCC=CCCCCCCCC(=O)N[N+](C)(CCCC)NC(=O)CCCCCCCC=CCCCCCCCC.[Cl-]. The molecule has 0 aliphatic rings. The van der Waals surface area contributed by atoms with E-state index in [1.54, 1.807) is 0 Å². The highest BCUT2D eigenvalue weighted by Crippen LogP contribution is 2.12. The van der Waals surface area contributed by atoms with Gasteiger partial charge in [-0.3, -0.25) is 9.59 Å².